The Hall–Kier alpha value is -0.870. The molecule has 1 aromatic rings. The van der Waals surface area contributed by atoms with Crippen LogP contribution >= 0.6 is 24.0 Å². The van der Waals surface area contributed by atoms with Gasteiger partial charge in [0.15, 0.2) is 15.8 Å². The van der Waals surface area contributed by atoms with Gasteiger partial charge in [-0.1, -0.05) is 46.8 Å². The largest absolute Gasteiger partial charge is 0.355 e. The number of hydrogen-bond donors (Lipinski definition) is 1. The van der Waals surface area contributed by atoms with Crippen molar-refractivity contribution in [3.63, 3.8) is 0 Å². The van der Waals surface area contributed by atoms with Crippen molar-refractivity contribution in [2.24, 2.45) is 10.9 Å². The lowest BCUT2D eigenvalue weighted by atomic mass is 9.87. The maximum Gasteiger partial charge on any atom is 0.193 e. The molecule has 1 saturated heterocycles. The van der Waals surface area contributed by atoms with Crippen molar-refractivity contribution >= 4 is 39.8 Å². The monoisotopic (exact) mass is 564 g/mol. The summed E-state index contributed by atoms with van der Waals surface area (Å²) < 4.78 is 25.4. The molecule has 1 unspecified atom stereocenters. The molecule has 0 aliphatic carbocycles. The van der Waals surface area contributed by atoms with E-state index in [9.17, 15) is 8.42 Å². The first kappa shape index (κ1) is 28.2. The predicted octanol–water partition coefficient (Wildman–Crippen LogP) is 3.61. The van der Waals surface area contributed by atoms with Crippen LogP contribution in [0.3, 0.4) is 0 Å². The van der Waals surface area contributed by atoms with Crippen molar-refractivity contribution in [1.29, 1.82) is 0 Å². The van der Waals surface area contributed by atoms with Crippen LogP contribution in [0, 0.1) is 5.92 Å². The van der Waals surface area contributed by atoms with Gasteiger partial charge in [-0.3, -0.25) is 4.99 Å². The van der Waals surface area contributed by atoms with Gasteiger partial charge in [-0.05, 0) is 48.5 Å². The van der Waals surface area contributed by atoms with Gasteiger partial charge in [0.25, 0.3) is 0 Å². The molecule has 178 valence electrons. The summed E-state index contributed by atoms with van der Waals surface area (Å²) in [7, 11) is -1.56. The Labute approximate surface area is 206 Å². The Balaban J connectivity index is 0.00000480. The van der Waals surface area contributed by atoms with Gasteiger partial charge in [-0.25, -0.2) is 8.42 Å². The van der Waals surface area contributed by atoms with E-state index in [1.165, 1.54) is 0 Å². The van der Waals surface area contributed by atoms with Crippen molar-refractivity contribution in [1.82, 2.24) is 15.1 Å². The number of sulfone groups is 1. The molecule has 1 heterocycles. The fourth-order valence-electron chi connectivity index (χ4n) is 3.93. The highest BCUT2D eigenvalue weighted by Crippen LogP contribution is 2.23. The Morgan fingerprint density at radius 3 is 2.32 bits per heavy atom. The average Bonchev–Trinajstić information content (AvgIpc) is 3.17. The van der Waals surface area contributed by atoms with Crippen LogP contribution in [0.15, 0.2) is 34.2 Å². The summed E-state index contributed by atoms with van der Waals surface area (Å²) in [5.74, 6) is 1.49. The molecular formula is C23H41IN4O2S. The number of aliphatic imine (C=N–C) groups is 1. The van der Waals surface area contributed by atoms with Crippen molar-refractivity contribution in [2.45, 2.75) is 51.3 Å². The second-order valence-corrected chi connectivity index (χ2v) is 11.3. The number of nitrogens with zero attached hydrogens (tertiary/aromatic N) is 3. The Bertz CT molecular complexity index is 800. The molecule has 0 radical (unpaired) electrons. The van der Waals surface area contributed by atoms with Gasteiger partial charge < -0.3 is 15.1 Å². The number of nitrogens with one attached hydrogen (secondary N) is 1. The minimum atomic E-state index is -3.33. The number of hydrogen-bond acceptors (Lipinski definition) is 4. The third-order valence-electron chi connectivity index (χ3n) is 5.94. The van der Waals surface area contributed by atoms with E-state index in [4.69, 9.17) is 0 Å². The van der Waals surface area contributed by atoms with Crippen molar-refractivity contribution in [3.8, 4) is 0 Å². The van der Waals surface area contributed by atoms with Gasteiger partial charge in [0.1, 0.15) is 0 Å². The van der Waals surface area contributed by atoms with Crippen molar-refractivity contribution in [2.75, 3.05) is 52.1 Å². The van der Waals surface area contributed by atoms with Crippen LogP contribution in [0.1, 0.15) is 46.6 Å². The molecule has 0 bridgehead atoms. The van der Waals surface area contributed by atoms with Gasteiger partial charge in [-0.15, -0.1) is 24.0 Å². The van der Waals surface area contributed by atoms with Crippen molar-refractivity contribution in [3.05, 3.63) is 29.8 Å². The van der Waals surface area contributed by atoms with Gasteiger partial charge in [0, 0.05) is 33.2 Å². The molecular weight excluding hydrogens is 523 g/mol. The molecule has 1 aliphatic rings. The number of likely N-dealkylation sites (tertiary alicyclic amines) is 1. The average molecular weight is 565 g/mol. The Morgan fingerprint density at radius 2 is 1.81 bits per heavy atom. The van der Waals surface area contributed by atoms with Crippen LogP contribution < -0.4 is 5.32 Å². The summed E-state index contributed by atoms with van der Waals surface area (Å²) in [6.45, 7) is 16.3. The minimum Gasteiger partial charge on any atom is -0.355 e. The summed E-state index contributed by atoms with van der Waals surface area (Å²) in [5.41, 5.74) is 1.14. The molecule has 0 amide bonds. The maximum absolute atomic E-state index is 12.7. The van der Waals surface area contributed by atoms with Crippen molar-refractivity contribution < 1.29 is 8.42 Å². The molecule has 0 saturated carbocycles. The molecule has 8 heteroatoms. The summed E-state index contributed by atoms with van der Waals surface area (Å²) in [4.78, 5) is 9.47. The van der Waals surface area contributed by atoms with Gasteiger partial charge in [-0.2, -0.15) is 0 Å². The third-order valence-corrected chi connectivity index (χ3v) is 7.67. The number of halogens is 1. The number of rotatable bonds is 8. The quantitative estimate of drug-likeness (QED) is 0.297. The van der Waals surface area contributed by atoms with Crippen LogP contribution in [0.2, 0.25) is 0 Å². The molecule has 2 rings (SSSR count). The lowest BCUT2D eigenvalue weighted by molar-refractivity contribution is 0.255. The molecule has 1 N–H and O–H groups in total. The van der Waals surface area contributed by atoms with E-state index in [1.807, 2.05) is 12.1 Å². The first-order valence-corrected chi connectivity index (χ1v) is 12.8. The summed E-state index contributed by atoms with van der Waals surface area (Å²) >= 11 is 0. The summed E-state index contributed by atoms with van der Waals surface area (Å²) in [5, 5.41) is 3.26. The SMILES string of the molecule is CCN(CC)CC1CCN(C(=NC)NCCS(=O)(=O)c2ccc(C(C)(C)C)cc2)C1.I. The second-order valence-electron chi connectivity index (χ2n) is 9.15. The van der Waals surface area contributed by atoms with Crippen LogP contribution in [0.5, 0.6) is 0 Å². The zero-order valence-corrected chi connectivity index (χ0v) is 23.2. The number of benzene rings is 1. The van der Waals surface area contributed by atoms with Crippen LogP contribution in [0.25, 0.3) is 0 Å². The fourth-order valence-corrected chi connectivity index (χ4v) is 5.09. The molecule has 1 atom stereocenters. The molecule has 1 fully saturated rings. The maximum atomic E-state index is 12.7. The van der Waals surface area contributed by atoms with E-state index in [-0.39, 0.29) is 35.1 Å². The molecule has 0 spiro atoms. The third kappa shape index (κ3) is 8.20. The summed E-state index contributed by atoms with van der Waals surface area (Å²) in [6, 6.07) is 7.28. The highest BCUT2D eigenvalue weighted by Gasteiger charge is 2.26. The first-order valence-electron chi connectivity index (χ1n) is 11.1. The lowest BCUT2D eigenvalue weighted by Crippen LogP contribution is -2.42. The summed E-state index contributed by atoms with van der Waals surface area (Å²) in [6.07, 6.45) is 1.15. The zero-order valence-electron chi connectivity index (χ0n) is 20.0. The molecule has 31 heavy (non-hydrogen) atoms. The highest BCUT2D eigenvalue weighted by atomic mass is 127. The standard InChI is InChI=1S/C23H40N4O2S.HI/c1-7-26(8-2)17-19-13-15-27(18-19)22(24-6)25-14-16-30(28,29)21-11-9-20(10-12-21)23(3,4)5;/h9-12,19H,7-8,13-18H2,1-6H3,(H,24,25);1H. The second kappa shape index (κ2) is 12.4. The van der Waals surface area contributed by atoms with Gasteiger partial charge >= 0.3 is 0 Å². The molecule has 0 aromatic heterocycles. The van der Waals surface area contributed by atoms with Gasteiger partial charge in [0.05, 0.1) is 10.6 Å². The van der Waals surface area contributed by atoms with E-state index >= 15 is 0 Å². The van der Waals surface area contributed by atoms with E-state index in [2.05, 4.69) is 54.7 Å². The van der Waals surface area contributed by atoms with Gasteiger partial charge in [0.2, 0.25) is 0 Å². The van der Waals surface area contributed by atoms with E-state index in [0.29, 0.717) is 17.4 Å². The highest BCUT2D eigenvalue weighted by molar-refractivity contribution is 14.0. The smallest absolute Gasteiger partial charge is 0.193 e. The van der Waals surface area contributed by atoms with E-state index in [0.717, 1.165) is 50.7 Å². The van der Waals surface area contributed by atoms with E-state index < -0.39 is 9.84 Å². The Kier molecular flexibility index (Phi) is 11.3. The topological polar surface area (TPSA) is 65.0 Å². The lowest BCUT2D eigenvalue weighted by Gasteiger charge is -2.24. The molecule has 6 nitrogen and oxygen atoms in total. The van der Waals surface area contributed by atoms with E-state index in [1.54, 1.807) is 19.2 Å². The fraction of sp³-hybridized carbons (Fsp3) is 0.696. The van der Waals surface area contributed by atoms with Crippen LogP contribution in [-0.2, 0) is 15.3 Å². The normalized spacial score (nSPS) is 17.7. The van der Waals surface area contributed by atoms with Crippen LogP contribution in [0.4, 0.5) is 0 Å². The first-order chi connectivity index (χ1) is 14.1. The molecule has 1 aliphatic heterocycles. The zero-order chi connectivity index (χ0) is 22.4. The Morgan fingerprint density at radius 1 is 1.19 bits per heavy atom. The number of guanidine groups is 1. The minimum absolute atomic E-state index is 0. The predicted molar refractivity (Wildman–Crippen MR) is 141 cm³/mol. The van der Waals surface area contributed by atoms with Crippen LogP contribution in [-0.4, -0.2) is 76.2 Å². The molecule has 1 aromatic carbocycles.